The Hall–Kier alpha value is -1.17. The van der Waals surface area contributed by atoms with Crippen molar-refractivity contribution >= 4 is 40.4 Å². The number of carbonyl (C=O) groups is 1. The van der Waals surface area contributed by atoms with Gasteiger partial charge >= 0.3 is 0 Å². The second-order valence-electron chi connectivity index (χ2n) is 4.01. The van der Waals surface area contributed by atoms with Crippen molar-refractivity contribution in [3.05, 3.63) is 44.1 Å². The van der Waals surface area contributed by atoms with Gasteiger partial charge in [0.1, 0.15) is 5.15 Å². The Morgan fingerprint density at radius 3 is 2.79 bits per heavy atom. The fraction of sp³-hybridized carbons (Fsp3) is 0.250. The lowest BCUT2D eigenvalue weighted by atomic mass is 10.2. The molecule has 0 bridgehead atoms. The number of hydrogen-bond donors (Lipinski definition) is 0. The first kappa shape index (κ1) is 14.2. The van der Waals surface area contributed by atoms with Crippen molar-refractivity contribution in [2.75, 3.05) is 7.05 Å². The summed E-state index contributed by atoms with van der Waals surface area (Å²) in [5.74, 6) is -0.192. The molecule has 0 atom stereocenters. The second-order valence-corrected chi connectivity index (χ2v) is 5.74. The van der Waals surface area contributed by atoms with Crippen molar-refractivity contribution in [2.45, 2.75) is 13.5 Å². The number of carbonyl (C=O) groups excluding carboxylic acids is 1. The normalized spacial score (nSPS) is 10.5. The number of aromatic nitrogens is 2. The van der Waals surface area contributed by atoms with Crippen LogP contribution in [0, 0.1) is 6.92 Å². The van der Waals surface area contributed by atoms with Crippen LogP contribution in [0.4, 0.5) is 0 Å². The van der Waals surface area contributed by atoms with Gasteiger partial charge in [-0.3, -0.25) is 4.79 Å². The number of thiazole rings is 1. The van der Waals surface area contributed by atoms with Crippen molar-refractivity contribution in [1.82, 2.24) is 14.9 Å². The van der Waals surface area contributed by atoms with E-state index in [1.807, 2.05) is 6.92 Å². The number of nitrogens with zero attached hydrogens (tertiary/aromatic N) is 3. The first-order valence-electron chi connectivity index (χ1n) is 5.44. The van der Waals surface area contributed by atoms with Gasteiger partial charge in [0, 0.05) is 18.1 Å². The fourth-order valence-corrected chi connectivity index (χ4v) is 2.72. The molecule has 0 saturated carbocycles. The van der Waals surface area contributed by atoms with Gasteiger partial charge in [-0.2, -0.15) is 0 Å². The highest BCUT2D eigenvalue weighted by Gasteiger charge is 2.17. The SMILES string of the molecule is Cc1ncsc1CN(C)C(=O)c1cc(Cl)ncc1Cl. The van der Waals surface area contributed by atoms with Crippen molar-refractivity contribution in [3.8, 4) is 0 Å². The van der Waals surface area contributed by atoms with Crippen molar-refractivity contribution in [1.29, 1.82) is 0 Å². The number of aryl methyl sites for hydroxylation is 1. The smallest absolute Gasteiger partial charge is 0.255 e. The number of hydrogen-bond acceptors (Lipinski definition) is 4. The maximum absolute atomic E-state index is 12.3. The van der Waals surface area contributed by atoms with Crippen LogP contribution in [0.3, 0.4) is 0 Å². The van der Waals surface area contributed by atoms with Crippen LogP contribution in [0.15, 0.2) is 17.8 Å². The Morgan fingerprint density at radius 2 is 2.16 bits per heavy atom. The number of amides is 1. The molecule has 0 fully saturated rings. The lowest BCUT2D eigenvalue weighted by Crippen LogP contribution is -2.26. The van der Waals surface area contributed by atoms with E-state index in [4.69, 9.17) is 23.2 Å². The molecule has 1 amide bonds. The zero-order valence-electron chi connectivity index (χ0n) is 10.4. The van der Waals surface area contributed by atoms with E-state index in [0.29, 0.717) is 17.1 Å². The largest absolute Gasteiger partial charge is 0.336 e. The molecule has 0 spiro atoms. The lowest BCUT2D eigenvalue weighted by Gasteiger charge is -2.17. The first-order valence-corrected chi connectivity index (χ1v) is 7.08. The third-order valence-electron chi connectivity index (χ3n) is 2.62. The first-order chi connectivity index (χ1) is 8.99. The molecule has 4 nitrogen and oxygen atoms in total. The number of rotatable bonds is 3. The summed E-state index contributed by atoms with van der Waals surface area (Å²) in [7, 11) is 1.71. The van der Waals surface area contributed by atoms with Crippen molar-refractivity contribution in [2.24, 2.45) is 0 Å². The molecule has 2 rings (SSSR count). The highest BCUT2D eigenvalue weighted by molar-refractivity contribution is 7.09. The molecule has 0 unspecified atom stereocenters. The number of pyridine rings is 1. The molecule has 0 N–H and O–H groups in total. The topological polar surface area (TPSA) is 46.1 Å². The van der Waals surface area contributed by atoms with Gasteiger partial charge in [-0.25, -0.2) is 9.97 Å². The standard InChI is InChI=1S/C12H11Cl2N3OS/c1-7-10(19-6-16-7)5-17(2)12(18)8-3-11(14)15-4-9(8)13/h3-4,6H,5H2,1-2H3. The summed E-state index contributed by atoms with van der Waals surface area (Å²) in [6, 6.07) is 1.47. The van der Waals surface area contributed by atoms with Gasteiger partial charge in [-0.15, -0.1) is 11.3 Å². The summed E-state index contributed by atoms with van der Waals surface area (Å²) in [5.41, 5.74) is 3.05. The van der Waals surface area contributed by atoms with E-state index in [1.54, 1.807) is 17.5 Å². The Kier molecular flexibility index (Phi) is 4.39. The molecular weight excluding hydrogens is 305 g/mol. The van der Waals surface area contributed by atoms with E-state index in [9.17, 15) is 4.79 Å². The van der Waals surface area contributed by atoms with Crippen molar-refractivity contribution < 1.29 is 4.79 Å². The van der Waals surface area contributed by atoms with E-state index < -0.39 is 0 Å². The summed E-state index contributed by atoms with van der Waals surface area (Å²) in [4.78, 5) is 22.9. The molecule has 0 aliphatic carbocycles. The molecule has 19 heavy (non-hydrogen) atoms. The van der Waals surface area contributed by atoms with E-state index in [-0.39, 0.29) is 11.1 Å². The van der Waals surface area contributed by atoms with E-state index in [1.165, 1.54) is 23.6 Å². The molecule has 100 valence electrons. The summed E-state index contributed by atoms with van der Waals surface area (Å²) in [6.07, 6.45) is 1.38. The van der Waals surface area contributed by atoms with Gasteiger partial charge in [0.2, 0.25) is 0 Å². The van der Waals surface area contributed by atoms with Crippen LogP contribution >= 0.6 is 34.5 Å². The molecule has 2 aromatic heterocycles. The third kappa shape index (κ3) is 3.23. The molecule has 0 aliphatic heterocycles. The minimum atomic E-state index is -0.192. The van der Waals surface area contributed by atoms with Crippen LogP contribution in [0.2, 0.25) is 10.2 Å². The average Bonchev–Trinajstić information content (AvgIpc) is 2.77. The van der Waals surface area contributed by atoms with Gasteiger partial charge < -0.3 is 4.90 Å². The van der Waals surface area contributed by atoms with Crippen LogP contribution in [0.25, 0.3) is 0 Å². The molecule has 0 saturated heterocycles. The summed E-state index contributed by atoms with van der Waals surface area (Å²) in [5, 5.41) is 0.539. The predicted octanol–water partition coefficient (Wildman–Crippen LogP) is 3.43. The average molecular weight is 316 g/mol. The minimum Gasteiger partial charge on any atom is -0.336 e. The minimum absolute atomic E-state index is 0.192. The van der Waals surface area contributed by atoms with E-state index >= 15 is 0 Å². The van der Waals surface area contributed by atoms with E-state index in [0.717, 1.165) is 10.6 Å². The fourth-order valence-electron chi connectivity index (χ4n) is 1.55. The Morgan fingerprint density at radius 1 is 1.42 bits per heavy atom. The van der Waals surface area contributed by atoms with Crippen LogP contribution in [0.5, 0.6) is 0 Å². The van der Waals surface area contributed by atoms with Crippen LogP contribution in [-0.4, -0.2) is 27.8 Å². The maximum atomic E-state index is 12.3. The second kappa shape index (κ2) is 5.86. The Labute approximate surface area is 125 Å². The van der Waals surface area contributed by atoms with Gasteiger partial charge in [0.25, 0.3) is 5.91 Å². The quantitative estimate of drug-likeness (QED) is 0.815. The highest BCUT2D eigenvalue weighted by Crippen LogP contribution is 2.21. The maximum Gasteiger partial charge on any atom is 0.255 e. The van der Waals surface area contributed by atoms with Crippen LogP contribution < -0.4 is 0 Å². The monoisotopic (exact) mass is 315 g/mol. The molecule has 2 aromatic rings. The molecule has 0 radical (unpaired) electrons. The van der Waals surface area contributed by atoms with Crippen LogP contribution in [0.1, 0.15) is 20.9 Å². The summed E-state index contributed by atoms with van der Waals surface area (Å²) in [6.45, 7) is 2.41. The lowest BCUT2D eigenvalue weighted by molar-refractivity contribution is 0.0786. The molecular formula is C12H11Cl2N3OS. The molecule has 0 aliphatic rings. The zero-order valence-corrected chi connectivity index (χ0v) is 12.7. The third-order valence-corrected chi connectivity index (χ3v) is 4.05. The Balaban J connectivity index is 2.19. The van der Waals surface area contributed by atoms with Gasteiger partial charge in [-0.1, -0.05) is 23.2 Å². The van der Waals surface area contributed by atoms with Gasteiger partial charge in [0.15, 0.2) is 0 Å². The predicted molar refractivity (Wildman–Crippen MR) is 76.9 cm³/mol. The molecule has 7 heteroatoms. The van der Waals surface area contributed by atoms with E-state index in [2.05, 4.69) is 9.97 Å². The van der Waals surface area contributed by atoms with Crippen molar-refractivity contribution in [3.63, 3.8) is 0 Å². The van der Waals surface area contributed by atoms with Gasteiger partial charge in [0.05, 0.1) is 28.3 Å². The highest BCUT2D eigenvalue weighted by atomic mass is 35.5. The summed E-state index contributed by atoms with van der Waals surface area (Å²) >= 11 is 13.3. The number of halogens is 2. The van der Waals surface area contributed by atoms with Crippen LogP contribution in [-0.2, 0) is 6.54 Å². The Bertz CT molecular complexity index is 615. The molecule has 0 aromatic carbocycles. The van der Waals surface area contributed by atoms with Gasteiger partial charge in [-0.05, 0) is 13.0 Å². The zero-order chi connectivity index (χ0) is 14.0. The summed E-state index contributed by atoms with van der Waals surface area (Å²) < 4.78 is 0. The molecule has 2 heterocycles.